The van der Waals surface area contributed by atoms with Crippen molar-refractivity contribution < 1.29 is 14.5 Å². The SMILES string of the molecule is O=C1NC=CC(C(=O)Nc2ccc([N+](=O)[O-])cc2)N1. The normalized spacial score (nSPS) is 17.3. The van der Waals surface area contributed by atoms with Crippen LogP contribution >= 0.6 is 0 Å². The van der Waals surface area contributed by atoms with Crippen LogP contribution in [-0.2, 0) is 4.79 Å². The summed E-state index contributed by atoms with van der Waals surface area (Å²) < 4.78 is 0. The van der Waals surface area contributed by atoms with Crippen LogP contribution in [0.1, 0.15) is 0 Å². The second-order valence-electron chi connectivity index (χ2n) is 3.75. The molecule has 0 saturated carbocycles. The molecule has 3 N–H and O–H groups in total. The van der Waals surface area contributed by atoms with Crippen LogP contribution in [0.25, 0.3) is 0 Å². The monoisotopic (exact) mass is 262 g/mol. The highest BCUT2D eigenvalue weighted by Crippen LogP contribution is 2.15. The maximum Gasteiger partial charge on any atom is 0.319 e. The van der Waals surface area contributed by atoms with Gasteiger partial charge in [0.1, 0.15) is 6.04 Å². The summed E-state index contributed by atoms with van der Waals surface area (Å²) >= 11 is 0. The molecule has 0 radical (unpaired) electrons. The van der Waals surface area contributed by atoms with Gasteiger partial charge in [0.25, 0.3) is 11.6 Å². The van der Waals surface area contributed by atoms with E-state index >= 15 is 0 Å². The number of benzene rings is 1. The van der Waals surface area contributed by atoms with Gasteiger partial charge < -0.3 is 16.0 Å². The number of amides is 3. The zero-order valence-corrected chi connectivity index (χ0v) is 9.62. The minimum Gasteiger partial charge on any atom is -0.324 e. The lowest BCUT2D eigenvalue weighted by molar-refractivity contribution is -0.384. The van der Waals surface area contributed by atoms with E-state index in [2.05, 4.69) is 16.0 Å². The zero-order valence-electron chi connectivity index (χ0n) is 9.62. The largest absolute Gasteiger partial charge is 0.324 e. The van der Waals surface area contributed by atoms with Crippen LogP contribution in [0.15, 0.2) is 36.5 Å². The van der Waals surface area contributed by atoms with E-state index in [4.69, 9.17) is 0 Å². The first-order valence-electron chi connectivity index (χ1n) is 5.35. The van der Waals surface area contributed by atoms with Gasteiger partial charge in [0.05, 0.1) is 4.92 Å². The van der Waals surface area contributed by atoms with Crippen LogP contribution in [0.2, 0.25) is 0 Å². The first kappa shape index (κ1) is 12.6. The molecule has 1 atom stereocenters. The molecule has 1 aliphatic rings. The topological polar surface area (TPSA) is 113 Å². The van der Waals surface area contributed by atoms with Crippen molar-refractivity contribution in [2.45, 2.75) is 6.04 Å². The Bertz CT molecular complexity index is 552. The van der Waals surface area contributed by atoms with Gasteiger partial charge >= 0.3 is 6.03 Å². The van der Waals surface area contributed by atoms with E-state index in [0.29, 0.717) is 5.69 Å². The Morgan fingerprint density at radius 2 is 2.00 bits per heavy atom. The van der Waals surface area contributed by atoms with Gasteiger partial charge in [-0.1, -0.05) is 0 Å². The number of nitrogens with one attached hydrogen (secondary N) is 3. The van der Waals surface area contributed by atoms with E-state index in [1.807, 2.05) is 0 Å². The molecule has 2 rings (SSSR count). The van der Waals surface area contributed by atoms with Gasteiger partial charge in [-0.25, -0.2) is 4.79 Å². The predicted molar refractivity (Wildman–Crippen MR) is 66.3 cm³/mol. The van der Waals surface area contributed by atoms with E-state index in [0.717, 1.165) is 0 Å². The maximum atomic E-state index is 11.8. The fourth-order valence-corrected chi connectivity index (χ4v) is 1.49. The van der Waals surface area contributed by atoms with Crippen LogP contribution in [0.3, 0.4) is 0 Å². The second kappa shape index (κ2) is 5.17. The maximum absolute atomic E-state index is 11.8. The molecule has 1 aromatic rings. The highest BCUT2D eigenvalue weighted by Gasteiger charge is 2.20. The Morgan fingerprint density at radius 1 is 1.32 bits per heavy atom. The number of nitrogens with zero attached hydrogens (tertiary/aromatic N) is 1. The standard InChI is InChI=1S/C11H10N4O4/c16-10(9-5-6-12-11(17)14-9)13-7-1-3-8(4-2-7)15(18)19/h1-6,9H,(H,13,16)(H2,12,14,17). The Morgan fingerprint density at radius 3 is 2.58 bits per heavy atom. The van der Waals surface area contributed by atoms with Crippen LogP contribution in [-0.4, -0.2) is 22.9 Å². The average Bonchev–Trinajstić information content (AvgIpc) is 2.39. The van der Waals surface area contributed by atoms with Crippen LogP contribution in [0.5, 0.6) is 0 Å². The molecule has 8 heteroatoms. The Kier molecular flexibility index (Phi) is 3.42. The lowest BCUT2D eigenvalue weighted by atomic mass is 10.2. The number of non-ortho nitro benzene ring substituents is 1. The van der Waals surface area contributed by atoms with Gasteiger partial charge in [0.2, 0.25) is 0 Å². The number of rotatable bonds is 3. The van der Waals surface area contributed by atoms with Crippen molar-refractivity contribution in [2.24, 2.45) is 0 Å². The minimum atomic E-state index is -0.774. The van der Waals surface area contributed by atoms with Gasteiger partial charge in [0, 0.05) is 24.0 Å². The molecular formula is C11H10N4O4. The molecule has 0 fully saturated rings. The summed E-state index contributed by atoms with van der Waals surface area (Å²) in [7, 11) is 0. The van der Waals surface area contributed by atoms with Crippen molar-refractivity contribution in [1.82, 2.24) is 10.6 Å². The summed E-state index contributed by atoms with van der Waals surface area (Å²) in [4.78, 5) is 32.8. The summed E-state index contributed by atoms with van der Waals surface area (Å²) in [5, 5.41) is 17.8. The molecule has 0 saturated heterocycles. The number of urea groups is 1. The zero-order chi connectivity index (χ0) is 13.8. The highest BCUT2D eigenvalue weighted by molar-refractivity contribution is 5.99. The third-order valence-corrected chi connectivity index (χ3v) is 2.42. The molecule has 0 bridgehead atoms. The number of carbonyl (C=O) groups is 2. The first-order chi connectivity index (χ1) is 9.06. The van der Waals surface area contributed by atoms with Gasteiger partial charge in [-0.15, -0.1) is 0 Å². The fourth-order valence-electron chi connectivity index (χ4n) is 1.49. The lowest BCUT2D eigenvalue weighted by Gasteiger charge is -2.18. The fraction of sp³-hybridized carbons (Fsp3) is 0.0909. The van der Waals surface area contributed by atoms with Gasteiger partial charge in [0.15, 0.2) is 0 Å². The third kappa shape index (κ3) is 3.06. The third-order valence-electron chi connectivity index (χ3n) is 2.42. The van der Waals surface area contributed by atoms with Gasteiger partial charge in [-0.3, -0.25) is 14.9 Å². The Balaban J connectivity index is 2.02. The quantitative estimate of drug-likeness (QED) is 0.550. The molecule has 0 aliphatic carbocycles. The smallest absolute Gasteiger partial charge is 0.319 e. The van der Waals surface area contributed by atoms with E-state index in [1.165, 1.54) is 36.5 Å². The highest BCUT2D eigenvalue weighted by atomic mass is 16.6. The molecule has 1 aromatic carbocycles. The van der Waals surface area contributed by atoms with Crippen molar-refractivity contribution in [3.8, 4) is 0 Å². The lowest BCUT2D eigenvalue weighted by Crippen LogP contribution is -2.48. The van der Waals surface area contributed by atoms with Crippen LogP contribution in [0, 0.1) is 10.1 Å². The van der Waals surface area contributed by atoms with Gasteiger partial charge in [-0.05, 0) is 18.2 Å². The molecule has 0 spiro atoms. The summed E-state index contributed by atoms with van der Waals surface area (Å²) in [6.07, 6.45) is 2.86. The average molecular weight is 262 g/mol. The van der Waals surface area contributed by atoms with Crippen molar-refractivity contribution in [3.05, 3.63) is 46.7 Å². The molecule has 1 heterocycles. The van der Waals surface area contributed by atoms with E-state index in [9.17, 15) is 19.7 Å². The van der Waals surface area contributed by atoms with Crippen LogP contribution in [0.4, 0.5) is 16.2 Å². The van der Waals surface area contributed by atoms with E-state index in [-0.39, 0.29) is 5.69 Å². The predicted octanol–water partition coefficient (Wildman–Crippen LogP) is 0.728. The van der Waals surface area contributed by atoms with Crippen molar-refractivity contribution >= 4 is 23.3 Å². The molecule has 98 valence electrons. The summed E-state index contributed by atoms with van der Waals surface area (Å²) in [5.74, 6) is -0.431. The summed E-state index contributed by atoms with van der Waals surface area (Å²) in [6.45, 7) is 0. The number of hydrogen-bond acceptors (Lipinski definition) is 4. The first-order valence-corrected chi connectivity index (χ1v) is 5.35. The molecule has 1 unspecified atom stereocenters. The van der Waals surface area contributed by atoms with Crippen molar-refractivity contribution in [1.29, 1.82) is 0 Å². The molecule has 19 heavy (non-hydrogen) atoms. The van der Waals surface area contributed by atoms with Crippen molar-refractivity contribution in [2.75, 3.05) is 5.32 Å². The number of carbonyl (C=O) groups excluding carboxylic acids is 2. The summed E-state index contributed by atoms with van der Waals surface area (Å²) in [5.41, 5.74) is 0.352. The second-order valence-corrected chi connectivity index (χ2v) is 3.75. The molecule has 3 amide bonds. The van der Waals surface area contributed by atoms with Crippen molar-refractivity contribution in [3.63, 3.8) is 0 Å². The molecular weight excluding hydrogens is 252 g/mol. The number of nitro benzene ring substituents is 1. The molecule has 1 aliphatic heterocycles. The number of nitro groups is 1. The Labute approximate surface area is 107 Å². The summed E-state index contributed by atoms with van der Waals surface area (Å²) in [6, 6.07) is 4.17. The minimum absolute atomic E-state index is 0.0620. The number of anilines is 1. The molecule has 8 nitrogen and oxygen atoms in total. The van der Waals surface area contributed by atoms with Crippen LogP contribution < -0.4 is 16.0 Å². The number of hydrogen-bond donors (Lipinski definition) is 3. The van der Waals surface area contributed by atoms with E-state index in [1.54, 1.807) is 0 Å². The van der Waals surface area contributed by atoms with Gasteiger partial charge in [-0.2, -0.15) is 0 Å². The van der Waals surface area contributed by atoms with E-state index < -0.39 is 22.9 Å². The Hall–Kier alpha value is -2.90. The molecule has 0 aromatic heterocycles.